The fourth-order valence-electron chi connectivity index (χ4n) is 3.38. The van der Waals surface area contributed by atoms with Gasteiger partial charge in [-0.05, 0) is 49.8 Å². The highest BCUT2D eigenvalue weighted by atomic mass is 16.5. The second kappa shape index (κ2) is 6.94. The molecule has 1 aliphatic carbocycles. The van der Waals surface area contributed by atoms with Gasteiger partial charge in [-0.2, -0.15) is 0 Å². The maximum absolute atomic E-state index is 10.8. The predicted octanol–water partition coefficient (Wildman–Crippen LogP) is 3.06. The van der Waals surface area contributed by atoms with E-state index in [1.165, 1.54) is 18.9 Å². The molecule has 1 saturated heterocycles. The van der Waals surface area contributed by atoms with Gasteiger partial charge in [0, 0.05) is 24.2 Å². The molecule has 1 aromatic carbocycles. The van der Waals surface area contributed by atoms with E-state index < -0.39 is 5.97 Å². The van der Waals surface area contributed by atoms with Crippen LogP contribution in [0.15, 0.2) is 30.0 Å². The van der Waals surface area contributed by atoms with Crippen molar-refractivity contribution in [2.24, 2.45) is 0 Å². The number of aliphatic carboxylic acids is 1. The number of nitrogens with one attached hydrogen (secondary N) is 1. The third-order valence-electron chi connectivity index (χ3n) is 4.59. The zero-order valence-corrected chi connectivity index (χ0v) is 13.4. The lowest BCUT2D eigenvalue weighted by Gasteiger charge is -2.18. The van der Waals surface area contributed by atoms with Crippen molar-refractivity contribution in [3.05, 3.63) is 35.5 Å². The number of carbonyl (C=O) groups is 1. The first kappa shape index (κ1) is 15.7. The van der Waals surface area contributed by atoms with Gasteiger partial charge in [-0.25, -0.2) is 4.79 Å². The van der Waals surface area contributed by atoms with Crippen LogP contribution in [0, 0.1) is 0 Å². The van der Waals surface area contributed by atoms with Crippen LogP contribution in [0.5, 0.6) is 11.5 Å². The lowest BCUT2D eigenvalue weighted by atomic mass is 9.97. The Morgan fingerprint density at radius 1 is 1.30 bits per heavy atom. The molecule has 1 aromatic rings. The van der Waals surface area contributed by atoms with Gasteiger partial charge in [0.05, 0.1) is 13.2 Å². The lowest BCUT2D eigenvalue weighted by molar-refractivity contribution is -0.131. The van der Waals surface area contributed by atoms with Gasteiger partial charge in [0.1, 0.15) is 0 Å². The van der Waals surface area contributed by atoms with Crippen LogP contribution in [0.25, 0.3) is 0 Å². The topological polar surface area (TPSA) is 67.8 Å². The Morgan fingerprint density at radius 2 is 2.09 bits per heavy atom. The number of hydrogen-bond donors (Lipinski definition) is 2. The SMILES string of the molecule is COc1ccc([C@H]2CNC(=CC(=O)O)C2)cc1OC1CCCC1. The number of ether oxygens (including phenoxy) is 2. The van der Waals surface area contributed by atoms with Crippen LogP contribution in [0.2, 0.25) is 0 Å². The molecule has 1 heterocycles. The molecule has 0 radical (unpaired) electrons. The highest BCUT2D eigenvalue weighted by Crippen LogP contribution is 2.36. The average molecular weight is 317 g/mol. The molecule has 5 heteroatoms. The van der Waals surface area contributed by atoms with Crippen molar-refractivity contribution in [3.8, 4) is 11.5 Å². The van der Waals surface area contributed by atoms with Gasteiger partial charge in [-0.1, -0.05) is 6.07 Å². The van der Waals surface area contributed by atoms with Crippen LogP contribution in [-0.4, -0.2) is 30.8 Å². The zero-order chi connectivity index (χ0) is 16.2. The van der Waals surface area contributed by atoms with Gasteiger partial charge in [0.25, 0.3) is 0 Å². The van der Waals surface area contributed by atoms with Gasteiger partial charge < -0.3 is 19.9 Å². The Morgan fingerprint density at radius 3 is 2.78 bits per heavy atom. The van der Waals surface area contributed by atoms with Crippen LogP contribution < -0.4 is 14.8 Å². The van der Waals surface area contributed by atoms with E-state index >= 15 is 0 Å². The second-order valence-electron chi connectivity index (χ2n) is 6.22. The number of carboxylic acid groups (broad SMARTS) is 1. The molecule has 2 fully saturated rings. The first-order valence-corrected chi connectivity index (χ1v) is 8.17. The first-order chi connectivity index (χ1) is 11.2. The van der Waals surface area contributed by atoms with Crippen molar-refractivity contribution in [2.75, 3.05) is 13.7 Å². The van der Waals surface area contributed by atoms with E-state index in [0.29, 0.717) is 6.42 Å². The third-order valence-corrected chi connectivity index (χ3v) is 4.59. The molecule has 1 saturated carbocycles. The lowest BCUT2D eigenvalue weighted by Crippen LogP contribution is -2.12. The third kappa shape index (κ3) is 3.78. The average Bonchev–Trinajstić information content (AvgIpc) is 3.18. The Bertz CT molecular complexity index is 605. The standard InChI is InChI=1S/C18H23NO4/c1-22-16-7-6-12(9-17(16)23-15-4-2-3-5-15)13-8-14(19-11-13)10-18(20)21/h6-7,9-10,13,15,19H,2-5,8,11H2,1H3,(H,20,21)/t13-/m1/s1. The predicted molar refractivity (Wildman–Crippen MR) is 87.0 cm³/mol. The molecule has 0 aromatic heterocycles. The molecular formula is C18H23NO4. The minimum absolute atomic E-state index is 0.262. The Hall–Kier alpha value is -2.17. The van der Waals surface area contributed by atoms with Crippen molar-refractivity contribution >= 4 is 5.97 Å². The largest absolute Gasteiger partial charge is 0.493 e. The summed E-state index contributed by atoms with van der Waals surface area (Å²) in [4.78, 5) is 10.8. The van der Waals surface area contributed by atoms with Gasteiger partial charge in [0.15, 0.2) is 11.5 Å². The Kier molecular flexibility index (Phi) is 4.74. The van der Waals surface area contributed by atoms with Crippen molar-refractivity contribution in [2.45, 2.75) is 44.1 Å². The highest BCUT2D eigenvalue weighted by Gasteiger charge is 2.24. The number of rotatable bonds is 5. The van der Waals surface area contributed by atoms with E-state index in [-0.39, 0.29) is 12.0 Å². The molecule has 0 unspecified atom stereocenters. The molecule has 1 aliphatic heterocycles. The maximum atomic E-state index is 10.8. The van der Waals surface area contributed by atoms with Crippen LogP contribution >= 0.6 is 0 Å². The molecule has 0 bridgehead atoms. The van der Waals surface area contributed by atoms with Crippen molar-refractivity contribution in [1.82, 2.24) is 5.32 Å². The summed E-state index contributed by atoms with van der Waals surface area (Å²) < 4.78 is 11.6. The molecule has 0 amide bonds. The van der Waals surface area contributed by atoms with E-state index in [1.807, 2.05) is 18.2 Å². The number of carboxylic acids is 1. The van der Waals surface area contributed by atoms with Crippen LogP contribution in [0.1, 0.15) is 43.6 Å². The summed E-state index contributed by atoms with van der Waals surface area (Å²) >= 11 is 0. The van der Waals surface area contributed by atoms with E-state index in [4.69, 9.17) is 14.6 Å². The van der Waals surface area contributed by atoms with E-state index in [9.17, 15) is 4.79 Å². The summed E-state index contributed by atoms with van der Waals surface area (Å²) in [6.45, 7) is 0.744. The molecule has 2 aliphatic rings. The second-order valence-corrected chi connectivity index (χ2v) is 6.22. The van der Waals surface area contributed by atoms with Gasteiger partial charge in [0.2, 0.25) is 0 Å². The molecule has 23 heavy (non-hydrogen) atoms. The van der Waals surface area contributed by atoms with Crippen molar-refractivity contribution in [3.63, 3.8) is 0 Å². The molecule has 1 atom stereocenters. The summed E-state index contributed by atoms with van der Waals surface area (Å²) in [5.41, 5.74) is 1.93. The smallest absolute Gasteiger partial charge is 0.330 e. The molecule has 124 valence electrons. The minimum atomic E-state index is -0.909. The van der Waals surface area contributed by atoms with E-state index in [1.54, 1.807) is 7.11 Å². The van der Waals surface area contributed by atoms with Gasteiger partial charge in [-0.3, -0.25) is 0 Å². The number of allylic oxidation sites excluding steroid dienone is 1. The Balaban J connectivity index is 1.76. The van der Waals surface area contributed by atoms with E-state index in [0.717, 1.165) is 42.1 Å². The fourth-order valence-corrected chi connectivity index (χ4v) is 3.38. The number of benzene rings is 1. The monoisotopic (exact) mass is 317 g/mol. The minimum Gasteiger partial charge on any atom is -0.493 e. The molecular weight excluding hydrogens is 294 g/mol. The summed E-state index contributed by atoms with van der Waals surface area (Å²) in [7, 11) is 1.65. The maximum Gasteiger partial charge on any atom is 0.330 e. The number of methoxy groups -OCH3 is 1. The fraction of sp³-hybridized carbons (Fsp3) is 0.500. The zero-order valence-electron chi connectivity index (χ0n) is 13.4. The Labute approximate surface area is 136 Å². The summed E-state index contributed by atoms with van der Waals surface area (Å²) in [6.07, 6.45) is 6.89. The van der Waals surface area contributed by atoms with Gasteiger partial charge >= 0.3 is 5.97 Å². The quantitative estimate of drug-likeness (QED) is 0.817. The van der Waals surface area contributed by atoms with E-state index in [2.05, 4.69) is 5.32 Å². The van der Waals surface area contributed by atoms with Crippen LogP contribution in [-0.2, 0) is 4.79 Å². The number of hydrogen-bond acceptors (Lipinski definition) is 4. The van der Waals surface area contributed by atoms with Gasteiger partial charge in [-0.15, -0.1) is 0 Å². The first-order valence-electron chi connectivity index (χ1n) is 8.17. The van der Waals surface area contributed by atoms with Crippen LogP contribution in [0.4, 0.5) is 0 Å². The van der Waals surface area contributed by atoms with Crippen molar-refractivity contribution < 1.29 is 19.4 Å². The van der Waals surface area contributed by atoms with Crippen molar-refractivity contribution in [1.29, 1.82) is 0 Å². The van der Waals surface area contributed by atoms with Crippen LogP contribution in [0.3, 0.4) is 0 Å². The summed E-state index contributed by atoms with van der Waals surface area (Å²) in [5.74, 6) is 0.908. The molecule has 5 nitrogen and oxygen atoms in total. The highest BCUT2D eigenvalue weighted by molar-refractivity contribution is 5.80. The molecule has 2 N–H and O–H groups in total. The summed E-state index contributed by atoms with van der Waals surface area (Å²) in [6, 6.07) is 6.03. The molecule has 0 spiro atoms. The normalized spacial score (nSPS) is 23.0. The molecule has 3 rings (SSSR count). The summed E-state index contributed by atoms with van der Waals surface area (Å²) in [5, 5.41) is 12.0.